The summed E-state index contributed by atoms with van der Waals surface area (Å²) in [4.78, 5) is 36.3. The number of hydrogen-bond acceptors (Lipinski definition) is 3. The summed E-state index contributed by atoms with van der Waals surface area (Å²) in [6.07, 6.45) is -0.112. The number of anilines is 2. The zero-order valence-electron chi connectivity index (χ0n) is 13.1. The van der Waals surface area contributed by atoms with Crippen LogP contribution in [0.25, 0.3) is 0 Å². The van der Waals surface area contributed by atoms with E-state index in [1.165, 1.54) is 0 Å². The lowest BCUT2D eigenvalue weighted by Gasteiger charge is -2.19. The predicted molar refractivity (Wildman–Crippen MR) is 109 cm³/mol. The van der Waals surface area contributed by atoms with Crippen molar-refractivity contribution in [1.82, 2.24) is 5.32 Å². The Hall–Kier alpha value is -1.71. The fourth-order valence-corrected chi connectivity index (χ4v) is 5.05. The minimum Gasteiger partial charge on any atom is -0.331 e. The molecule has 3 N–H and O–H groups in total. The lowest BCUT2D eigenvalue weighted by atomic mass is 10.0. The summed E-state index contributed by atoms with van der Waals surface area (Å²) < 4.78 is 2.21. The number of hydrogen-bond donors (Lipinski definition) is 3. The van der Waals surface area contributed by atoms with Gasteiger partial charge in [-0.05, 0) is 55.6 Å². The molecule has 0 saturated heterocycles. The van der Waals surface area contributed by atoms with Gasteiger partial charge in [-0.15, -0.1) is 0 Å². The third-order valence-electron chi connectivity index (χ3n) is 3.78. The summed E-state index contributed by atoms with van der Waals surface area (Å²) in [5.74, 6) is -1.27. The molecule has 134 valence electrons. The van der Waals surface area contributed by atoms with Crippen molar-refractivity contribution in [1.29, 1.82) is 0 Å². The van der Waals surface area contributed by atoms with E-state index in [0.29, 0.717) is 25.9 Å². The van der Waals surface area contributed by atoms with Crippen LogP contribution in [0.2, 0.25) is 0 Å². The molecule has 1 heterocycles. The van der Waals surface area contributed by atoms with Gasteiger partial charge in [0, 0.05) is 25.5 Å². The zero-order chi connectivity index (χ0) is 18.8. The molecule has 26 heavy (non-hydrogen) atoms. The maximum absolute atomic E-state index is 12.5. The molecule has 1 aliphatic rings. The number of benzene rings is 2. The number of amides is 3. The molecule has 9 heteroatoms. The Morgan fingerprint density at radius 2 is 1.73 bits per heavy atom. The summed E-state index contributed by atoms with van der Waals surface area (Å²) in [6, 6.07) is 9.49. The van der Waals surface area contributed by atoms with Gasteiger partial charge < -0.3 is 16.0 Å². The van der Waals surface area contributed by atoms with E-state index in [1.807, 2.05) is 0 Å². The maximum atomic E-state index is 12.5. The van der Waals surface area contributed by atoms with E-state index >= 15 is 0 Å². The van der Waals surface area contributed by atoms with Crippen molar-refractivity contribution in [2.45, 2.75) is 12.5 Å². The Morgan fingerprint density at radius 1 is 1.08 bits per heavy atom. The van der Waals surface area contributed by atoms with Gasteiger partial charge in [-0.1, -0.05) is 34.1 Å². The topological polar surface area (TPSA) is 87.3 Å². The van der Waals surface area contributed by atoms with E-state index in [2.05, 4.69) is 63.7 Å². The van der Waals surface area contributed by atoms with E-state index < -0.39 is 23.8 Å². The second-order valence-electron chi connectivity index (χ2n) is 5.56. The lowest BCUT2D eigenvalue weighted by molar-refractivity contribution is -0.134. The summed E-state index contributed by atoms with van der Waals surface area (Å²) >= 11 is 10.2. The SMILES string of the molecule is O=C(Nc1c(Br)cc(Br)cc1Br)NC1CC(=O)C(=O)Nc2ccccc21. The largest absolute Gasteiger partial charge is 0.331 e. The first-order valence-corrected chi connectivity index (χ1v) is 9.88. The molecule has 1 aliphatic heterocycles. The molecule has 0 radical (unpaired) electrons. The average molecular weight is 546 g/mol. The monoisotopic (exact) mass is 543 g/mol. The van der Waals surface area contributed by atoms with Gasteiger partial charge in [-0.2, -0.15) is 0 Å². The highest BCUT2D eigenvalue weighted by Crippen LogP contribution is 2.34. The standard InChI is InChI=1S/C17H12Br3N3O3/c18-8-5-10(19)15(11(20)6-8)23-17(26)22-13-7-14(24)16(25)21-12-4-2-1-3-9(12)13/h1-6,13H,7H2,(H,21,25)(H2,22,23,26). The van der Waals surface area contributed by atoms with Crippen LogP contribution >= 0.6 is 47.8 Å². The zero-order valence-corrected chi connectivity index (χ0v) is 17.9. The number of ketones is 1. The molecule has 2 aromatic rings. The molecular weight excluding hydrogens is 534 g/mol. The van der Waals surface area contributed by atoms with Gasteiger partial charge in [-0.25, -0.2) is 4.79 Å². The first-order chi connectivity index (χ1) is 12.3. The number of carbonyl (C=O) groups is 3. The third kappa shape index (κ3) is 4.16. The van der Waals surface area contributed by atoms with E-state index in [9.17, 15) is 14.4 Å². The van der Waals surface area contributed by atoms with Gasteiger partial charge in [0.1, 0.15) is 0 Å². The predicted octanol–water partition coefficient (Wildman–Crippen LogP) is 4.75. The molecule has 0 spiro atoms. The second-order valence-corrected chi connectivity index (χ2v) is 8.19. The number of nitrogens with one attached hydrogen (secondary N) is 3. The van der Waals surface area contributed by atoms with Crippen LogP contribution in [0.4, 0.5) is 16.2 Å². The lowest BCUT2D eigenvalue weighted by Crippen LogP contribution is -2.34. The molecule has 1 unspecified atom stereocenters. The van der Waals surface area contributed by atoms with Crippen LogP contribution in [0.5, 0.6) is 0 Å². The van der Waals surface area contributed by atoms with Crippen molar-refractivity contribution >= 4 is 76.9 Å². The molecule has 0 bridgehead atoms. The highest BCUT2D eigenvalue weighted by atomic mass is 79.9. The fourth-order valence-electron chi connectivity index (χ4n) is 2.59. The third-order valence-corrected chi connectivity index (χ3v) is 5.49. The summed E-state index contributed by atoms with van der Waals surface area (Å²) in [7, 11) is 0. The Kier molecular flexibility index (Phi) is 5.79. The molecule has 0 saturated carbocycles. The van der Waals surface area contributed by atoms with Crippen LogP contribution in [0, 0.1) is 0 Å². The van der Waals surface area contributed by atoms with E-state index in [-0.39, 0.29) is 6.42 Å². The van der Waals surface area contributed by atoms with Crippen LogP contribution in [-0.2, 0) is 9.59 Å². The van der Waals surface area contributed by atoms with Crippen molar-refractivity contribution in [3.63, 3.8) is 0 Å². The van der Waals surface area contributed by atoms with E-state index in [1.54, 1.807) is 36.4 Å². The number of urea groups is 1. The van der Waals surface area contributed by atoms with E-state index in [0.717, 1.165) is 4.47 Å². The van der Waals surface area contributed by atoms with Crippen molar-refractivity contribution in [3.8, 4) is 0 Å². The molecule has 3 amide bonds. The first-order valence-electron chi connectivity index (χ1n) is 7.50. The minimum absolute atomic E-state index is 0.112. The van der Waals surface area contributed by atoms with Crippen LogP contribution in [0.1, 0.15) is 18.0 Å². The molecule has 0 aliphatic carbocycles. The quantitative estimate of drug-likeness (QED) is 0.476. The van der Waals surface area contributed by atoms with E-state index in [4.69, 9.17) is 0 Å². The van der Waals surface area contributed by atoms with Crippen LogP contribution < -0.4 is 16.0 Å². The van der Waals surface area contributed by atoms with Gasteiger partial charge in [0.25, 0.3) is 5.91 Å². The Bertz CT molecular complexity index is 894. The number of Topliss-reactive ketones (excluding diaryl/α,β-unsaturated/α-hetero) is 1. The fraction of sp³-hybridized carbons (Fsp3) is 0.118. The minimum atomic E-state index is -0.680. The maximum Gasteiger partial charge on any atom is 0.319 e. The Labute approximate surface area is 174 Å². The van der Waals surface area contributed by atoms with Crippen LogP contribution in [0.3, 0.4) is 0 Å². The summed E-state index contributed by atoms with van der Waals surface area (Å²) in [6.45, 7) is 0. The summed E-state index contributed by atoms with van der Waals surface area (Å²) in [5.41, 5.74) is 1.74. The molecule has 3 rings (SSSR count). The number of fused-ring (bicyclic) bond motifs is 1. The van der Waals surface area contributed by atoms with Gasteiger partial charge in [0.05, 0.1) is 11.7 Å². The Morgan fingerprint density at radius 3 is 2.42 bits per heavy atom. The second kappa shape index (κ2) is 7.89. The molecule has 0 aromatic heterocycles. The molecule has 2 aromatic carbocycles. The highest BCUT2D eigenvalue weighted by Gasteiger charge is 2.29. The highest BCUT2D eigenvalue weighted by molar-refractivity contribution is 9.11. The van der Waals surface area contributed by atoms with Gasteiger partial charge in [0.15, 0.2) is 0 Å². The molecule has 0 fully saturated rings. The van der Waals surface area contributed by atoms with Crippen molar-refractivity contribution in [2.24, 2.45) is 0 Å². The van der Waals surface area contributed by atoms with Crippen LogP contribution in [0.15, 0.2) is 49.8 Å². The first kappa shape index (κ1) is 19.1. The average Bonchev–Trinajstić information content (AvgIpc) is 2.68. The molecular formula is C17H12Br3N3O3. The number of para-hydroxylation sites is 1. The van der Waals surface area contributed by atoms with Gasteiger partial charge in [-0.3, -0.25) is 9.59 Å². The van der Waals surface area contributed by atoms with Gasteiger partial charge >= 0.3 is 6.03 Å². The van der Waals surface area contributed by atoms with Crippen molar-refractivity contribution < 1.29 is 14.4 Å². The number of halogens is 3. The normalized spacial score (nSPS) is 16.3. The van der Waals surface area contributed by atoms with Crippen molar-refractivity contribution in [2.75, 3.05) is 10.6 Å². The number of carbonyl (C=O) groups excluding carboxylic acids is 3. The Balaban J connectivity index is 1.83. The summed E-state index contributed by atoms with van der Waals surface area (Å²) in [5, 5.41) is 8.09. The van der Waals surface area contributed by atoms with Gasteiger partial charge in [0.2, 0.25) is 5.78 Å². The molecule has 1 atom stereocenters. The van der Waals surface area contributed by atoms with Crippen LogP contribution in [-0.4, -0.2) is 17.7 Å². The van der Waals surface area contributed by atoms with Crippen molar-refractivity contribution in [3.05, 3.63) is 55.4 Å². The number of rotatable bonds is 2. The smallest absolute Gasteiger partial charge is 0.319 e. The molecule has 6 nitrogen and oxygen atoms in total.